The molecule has 2 aliphatic rings. The van der Waals surface area contributed by atoms with E-state index in [0.717, 1.165) is 26.2 Å². The summed E-state index contributed by atoms with van der Waals surface area (Å²) < 4.78 is 26.0. The first-order valence-corrected chi connectivity index (χ1v) is 6.08. The van der Waals surface area contributed by atoms with E-state index in [1.165, 1.54) is 0 Å². The van der Waals surface area contributed by atoms with Gasteiger partial charge >= 0.3 is 0 Å². The maximum atomic E-state index is 13.0. The molecule has 0 bridgehead atoms. The standard InChI is InChI=1S/C11H21F2N3/c1-15-7-4-14-8-10(15)9-16-5-2-11(12,13)3-6-16/h10,14H,2-9H2,1H3. The normalized spacial score (nSPS) is 32.8. The van der Waals surface area contributed by atoms with Gasteiger partial charge in [0, 0.05) is 58.2 Å². The summed E-state index contributed by atoms with van der Waals surface area (Å²) in [7, 11) is 2.12. The van der Waals surface area contributed by atoms with Crippen molar-refractivity contribution in [1.29, 1.82) is 0 Å². The van der Waals surface area contributed by atoms with Crippen LogP contribution in [0.25, 0.3) is 0 Å². The van der Waals surface area contributed by atoms with Gasteiger partial charge in [-0.15, -0.1) is 0 Å². The van der Waals surface area contributed by atoms with E-state index >= 15 is 0 Å². The van der Waals surface area contributed by atoms with Crippen molar-refractivity contribution in [2.24, 2.45) is 0 Å². The molecule has 1 atom stereocenters. The maximum Gasteiger partial charge on any atom is 0.250 e. The third-order valence-electron chi connectivity index (χ3n) is 3.70. The predicted octanol–water partition coefficient (Wildman–Crippen LogP) is 0.621. The van der Waals surface area contributed by atoms with Crippen LogP contribution in [0.15, 0.2) is 0 Å². The molecule has 0 saturated carbocycles. The van der Waals surface area contributed by atoms with Crippen LogP contribution < -0.4 is 5.32 Å². The van der Waals surface area contributed by atoms with Crippen LogP contribution in [0.2, 0.25) is 0 Å². The van der Waals surface area contributed by atoms with Gasteiger partial charge in [0.25, 0.3) is 5.92 Å². The number of hydrogen-bond acceptors (Lipinski definition) is 3. The summed E-state index contributed by atoms with van der Waals surface area (Å²) in [6.45, 7) is 5.05. The lowest BCUT2D eigenvalue weighted by atomic mass is 10.1. The number of rotatable bonds is 2. The summed E-state index contributed by atoms with van der Waals surface area (Å²) in [4.78, 5) is 4.49. The zero-order valence-corrected chi connectivity index (χ0v) is 9.88. The lowest BCUT2D eigenvalue weighted by Crippen LogP contribution is -2.55. The number of piperazine rings is 1. The third-order valence-corrected chi connectivity index (χ3v) is 3.70. The van der Waals surface area contributed by atoms with Gasteiger partial charge in [0.05, 0.1) is 0 Å². The second-order valence-corrected chi connectivity index (χ2v) is 5.00. The van der Waals surface area contributed by atoms with Gasteiger partial charge in [0.15, 0.2) is 0 Å². The highest BCUT2D eigenvalue weighted by atomic mass is 19.3. The molecule has 0 aromatic carbocycles. The summed E-state index contributed by atoms with van der Waals surface area (Å²) in [6, 6.07) is 0.473. The summed E-state index contributed by atoms with van der Waals surface area (Å²) in [6.07, 6.45) is 0.0493. The van der Waals surface area contributed by atoms with Gasteiger partial charge in [-0.2, -0.15) is 0 Å². The van der Waals surface area contributed by atoms with Gasteiger partial charge in [-0.1, -0.05) is 0 Å². The van der Waals surface area contributed by atoms with Crippen molar-refractivity contribution >= 4 is 0 Å². The van der Waals surface area contributed by atoms with E-state index < -0.39 is 5.92 Å². The van der Waals surface area contributed by atoms with Gasteiger partial charge < -0.3 is 10.2 Å². The fourth-order valence-electron chi connectivity index (χ4n) is 2.43. The minimum Gasteiger partial charge on any atom is -0.314 e. The molecule has 1 unspecified atom stereocenters. The van der Waals surface area contributed by atoms with E-state index in [-0.39, 0.29) is 12.8 Å². The first-order chi connectivity index (χ1) is 7.57. The summed E-state index contributed by atoms with van der Waals surface area (Å²) in [5.74, 6) is -2.42. The molecule has 0 aromatic heterocycles. The molecule has 2 fully saturated rings. The van der Waals surface area contributed by atoms with Crippen molar-refractivity contribution in [2.45, 2.75) is 24.8 Å². The highest BCUT2D eigenvalue weighted by molar-refractivity contribution is 4.84. The summed E-state index contributed by atoms with van der Waals surface area (Å²) in [5.41, 5.74) is 0. The number of alkyl halides is 2. The van der Waals surface area contributed by atoms with Crippen LogP contribution in [0.3, 0.4) is 0 Å². The lowest BCUT2D eigenvalue weighted by Gasteiger charge is -2.39. The minimum absolute atomic E-state index is 0.0247. The molecule has 0 radical (unpaired) electrons. The molecule has 0 aromatic rings. The number of nitrogens with one attached hydrogen (secondary N) is 1. The van der Waals surface area contributed by atoms with E-state index in [1.54, 1.807) is 0 Å². The highest BCUT2D eigenvalue weighted by Crippen LogP contribution is 2.27. The lowest BCUT2D eigenvalue weighted by molar-refractivity contribution is -0.0588. The number of piperidine rings is 1. The highest BCUT2D eigenvalue weighted by Gasteiger charge is 2.34. The number of likely N-dealkylation sites (tertiary alicyclic amines) is 1. The first kappa shape index (κ1) is 12.2. The van der Waals surface area contributed by atoms with Crippen LogP contribution in [0, 0.1) is 0 Å². The van der Waals surface area contributed by atoms with Crippen molar-refractivity contribution in [1.82, 2.24) is 15.1 Å². The minimum atomic E-state index is -2.42. The topological polar surface area (TPSA) is 18.5 Å². The molecule has 5 heteroatoms. The molecule has 94 valence electrons. The Morgan fingerprint density at radius 3 is 2.56 bits per heavy atom. The average molecular weight is 233 g/mol. The first-order valence-electron chi connectivity index (χ1n) is 6.08. The largest absolute Gasteiger partial charge is 0.314 e. The van der Waals surface area contributed by atoms with E-state index in [9.17, 15) is 8.78 Å². The Morgan fingerprint density at radius 2 is 1.94 bits per heavy atom. The molecule has 2 saturated heterocycles. The maximum absolute atomic E-state index is 13.0. The van der Waals surface area contributed by atoms with Gasteiger partial charge in [-0.3, -0.25) is 4.90 Å². The van der Waals surface area contributed by atoms with E-state index in [4.69, 9.17) is 0 Å². The summed E-state index contributed by atoms with van der Waals surface area (Å²) in [5, 5.41) is 3.35. The van der Waals surface area contributed by atoms with Crippen molar-refractivity contribution in [3.8, 4) is 0 Å². The van der Waals surface area contributed by atoms with Gasteiger partial charge in [0.1, 0.15) is 0 Å². The molecular formula is C11H21F2N3. The van der Waals surface area contributed by atoms with E-state index in [2.05, 4.69) is 22.2 Å². The Morgan fingerprint density at radius 1 is 1.25 bits per heavy atom. The van der Waals surface area contributed by atoms with Crippen LogP contribution in [0.4, 0.5) is 8.78 Å². The summed E-state index contributed by atoms with van der Waals surface area (Å²) >= 11 is 0. The number of likely N-dealkylation sites (N-methyl/N-ethyl adjacent to an activating group) is 1. The zero-order valence-electron chi connectivity index (χ0n) is 9.88. The van der Waals surface area contributed by atoms with Crippen molar-refractivity contribution in [3.63, 3.8) is 0 Å². The average Bonchev–Trinajstić information content (AvgIpc) is 2.24. The number of nitrogens with zero attached hydrogens (tertiary/aromatic N) is 2. The van der Waals surface area contributed by atoms with Crippen LogP contribution in [0.5, 0.6) is 0 Å². The number of hydrogen-bond donors (Lipinski definition) is 1. The van der Waals surface area contributed by atoms with E-state index in [0.29, 0.717) is 19.1 Å². The second-order valence-electron chi connectivity index (χ2n) is 5.00. The van der Waals surface area contributed by atoms with Crippen LogP contribution in [-0.4, -0.2) is 68.1 Å². The van der Waals surface area contributed by atoms with Crippen molar-refractivity contribution in [3.05, 3.63) is 0 Å². The molecule has 16 heavy (non-hydrogen) atoms. The van der Waals surface area contributed by atoms with E-state index in [1.807, 2.05) is 0 Å². The van der Waals surface area contributed by atoms with Gasteiger partial charge in [-0.05, 0) is 7.05 Å². The Balaban J connectivity index is 1.77. The second kappa shape index (κ2) is 4.94. The predicted molar refractivity (Wildman–Crippen MR) is 59.9 cm³/mol. The van der Waals surface area contributed by atoms with Crippen molar-refractivity contribution < 1.29 is 8.78 Å². The Kier molecular flexibility index (Phi) is 3.77. The Hall–Kier alpha value is -0.260. The van der Waals surface area contributed by atoms with Crippen LogP contribution in [0.1, 0.15) is 12.8 Å². The smallest absolute Gasteiger partial charge is 0.250 e. The van der Waals surface area contributed by atoms with Crippen LogP contribution in [-0.2, 0) is 0 Å². The molecule has 0 aliphatic carbocycles. The van der Waals surface area contributed by atoms with Crippen molar-refractivity contribution in [2.75, 3.05) is 46.3 Å². The van der Waals surface area contributed by atoms with Gasteiger partial charge in [-0.25, -0.2) is 8.78 Å². The molecule has 0 spiro atoms. The molecule has 3 nitrogen and oxygen atoms in total. The van der Waals surface area contributed by atoms with Gasteiger partial charge in [0.2, 0.25) is 0 Å². The molecule has 2 rings (SSSR count). The monoisotopic (exact) mass is 233 g/mol. The molecule has 2 heterocycles. The Bertz CT molecular complexity index is 225. The SMILES string of the molecule is CN1CCNCC1CN1CCC(F)(F)CC1. The fourth-order valence-corrected chi connectivity index (χ4v) is 2.43. The third kappa shape index (κ3) is 3.12. The Labute approximate surface area is 95.8 Å². The molecule has 2 aliphatic heterocycles. The van der Waals surface area contributed by atoms with Crippen LogP contribution >= 0.6 is 0 Å². The zero-order chi connectivity index (χ0) is 11.6. The number of halogens is 2. The molecule has 0 amide bonds. The molecular weight excluding hydrogens is 212 g/mol. The fraction of sp³-hybridized carbons (Fsp3) is 1.00. The quantitative estimate of drug-likeness (QED) is 0.754. The molecule has 1 N–H and O–H groups in total.